The van der Waals surface area contributed by atoms with Gasteiger partial charge in [0.1, 0.15) is 0 Å². The first-order valence-electron chi connectivity index (χ1n) is 8.47. The van der Waals surface area contributed by atoms with Crippen molar-refractivity contribution in [3.05, 3.63) is 29.8 Å². The van der Waals surface area contributed by atoms with Gasteiger partial charge in [0.25, 0.3) is 5.24 Å². The van der Waals surface area contributed by atoms with E-state index in [1.807, 2.05) is 18.2 Å². The predicted molar refractivity (Wildman–Crippen MR) is 95.9 cm³/mol. The number of rotatable bonds is 3. The minimum atomic E-state index is -0.164. The maximum absolute atomic E-state index is 12.4. The average molecular weight is 374 g/mol. The van der Waals surface area contributed by atoms with Crippen LogP contribution in [-0.4, -0.2) is 58.5 Å². The van der Waals surface area contributed by atoms with Crippen molar-refractivity contribution in [2.45, 2.75) is 18.9 Å². The summed E-state index contributed by atoms with van der Waals surface area (Å²) in [6.45, 7) is 1.30. The fourth-order valence-corrected chi connectivity index (χ4v) is 4.13. The molecule has 1 aromatic rings. The fourth-order valence-electron chi connectivity index (χ4n) is 3.35. The molecule has 4 rings (SSSR count). The summed E-state index contributed by atoms with van der Waals surface area (Å²) in [4.78, 5) is 39.1. The molecule has 0 unspecified atom stereocenters. The maximum atomic E-state index is 12.4. The van der Waals surface area contributed by atoms with Crippen molar-refractivity contribution in [2.75, 3.05) is 25.6 Å². The lowest BCUT2D eigenvalue weighted by molar-refractivity contribution is -0.129. The van der Waals surface area contributed by atoms with E-state index in [1.54, 1.807) is 17.1 Å². The molecule has 0 N–H and O–H groups in total. The van der Waals surface area contributed by atoms with Gasteiger partial charge >= 0.3 is 0 Å². The second-order valence-electron chi connectivity index (χ2n) is 6.32. The Morgan fingerprint density at radius 3 is 2.65 bits per heavy atom. The molecule has 0 radical (unpaired) electrons. The van der Waals surface area contributed by atoms with Crippen LogP contribution in [0.25, 0.3) is 6.08 Å². The van der Waals surface area contributed by atoms with Gasteiger partial charge in [-0.3, -0.25) is 19.3 Å². The third kappa shape index (κ3) is 3.29. The number of likely N-dealkylation sites (tertiary alicyclic amines) is 1. The van der Waals surface area contributed by atoms with Gasteiger partial charge < -0.3 is 14.4 Å². The van der Waals surface area contributed by atoms with Crippen molar-refractivity contribution in [2.24, 2.45) is 0 Å². The Balaban J connectivity index is 1.33. The van der Waals surface area contributed by atoms with Crippen molar-refractivity contribution < 1.29 is 23.9 Å². The molecule has 0 bridgehead atoms. The average Bonchev–Trinajstić information content (AvgIpc) is 3.25. The van der Waals surface area contributed by atoms with Gasteiger partial charge in [-0.25, -0.2) is 0 Å². The normalized spacial score (nSPS) is 20.5. The zero-order valence-corrected chi connectivity index (χ0v) is 14.9. The zero-order valence-electron chi connectivity index (χ0n) is 14.1. The molecule has 0 spiro atoms. The number of carbonyl (C=O) groups excluding carboxylic acids is 3. The highest BCUT2D eigenvalue weighted by Gasteiger charge is 2.37. The molecule has 3 aliphatic heterocycles. The van der Waals surface area contributed by atoms with E-state index in [9.17, 15) is 14.4 Å². The SMILES string of the molecule is O=C(/C=C/c1ccc2c(c1)OCO2)N1CCC(N2C(=O)CSC2=O)CC1. The third-order valence-corrected chi connectivity index (χ3v) is 5.58. The molecule has 2 saturated heterocycles. The minimum Gasteiger partial charge on any atom is -0.454 e. The number of hydrogen-bond donors (Lipinski definition) is 0. The van der Waals surface area contributed by atoms with Gasteiger partial charge in [-0.05, 0) is 36.6 Å². The Hall–Kier alpha value is -2.48. The van der Waals surface area contributed by atoms with Crippen molar-refractivity contribution in [1.29, 1.82) is 0 Å². The molecular weight excluding hydrogens is 356 g/mol. The smallest absolute Gasteiger partial charge is 0.289 e. The van der Waals surface area contributed by atoms with E-state index in [-0.39, 0.29) is 35.6 Å². The molecule has 8 heteroatoms. The molecule has 0 aliphatic carbocycles. The van der Waals surface area contributed by atoms with Gasteiger partial charge in [-0.1, -0.05) is 17.8 Å². The van der Waals surface area contributed by atoms with Gasteiger partial charge in [0.15, 0.2) is 11.5 Å². The second-order valence-corrected chi connectivity index (χ2v) is 7.25. The van der Waals surface area contributed by atoms with Crippen LogP contribution in [0.4, 0.5) is 4.79 Å². The van der Waals surface area contributed by atoms with Gasteiger partial charge in [0.2, 0.25) is 18.6 Å². The zero-order chi connectivity index (χ0) is 18.1. The minimum absolute atomic E-state index is 0.0745. The van der Waals surface area contributed by atoms with Gasteiger partial charge in [-0.2, -0.15) is 0 Å². The number of thioether (sulfide) groups is 1. The van der Waals surface area contributed by atoms with E-state index in [1.165, 1.54) is 4.90 Å². The van der Waals surface area contributed by atoms with Crippen molar-refractivity contribution in [1.82, 2.24) is 9.80 Å². The summed E-state index contributed by atoms with van der Waals surface area (Å²) < 4.78 is 10.6. The van der Waals surface area contributed by atoms with Crippen LogP contribution in [-0.2, 0) is 9.59 Å². The lowest BCUT2D eigenvalue weighted by Gasteiger charge is -2.35. The molecule has 7 nitrogen and oxygen atoms in total. The summed E-state index contributed by atoms with van der Waals surface area (Å²) in [7, 11) is 0. The molecule has 0 atom stereocenters. The molecular formula is C18H18N2O5S. The first-order valence-corrected chi connectivity index (χ1v) is 9.46. The topological polar surface area (TPSA) is 76.2 Å². The molecule has 3 heterocycles. The summed E-state index contributed by atoms with van der Waals surface area (Å²) in [6, 6.07) is 5.43. The number of benzene rings is 1. The highest BCUT2D eigenvalue weighted by molar-refractivity contribution is 8.14. The number of piperidine rings is 1. The van der Waals surface area contributed by atoms with Crippen LogP contribution < -0.4 is 9.47 Å². The van der Waals surface area contributed by atoms with Crippen LogP contribution in [0, 0.1) is 0 Å². The van der Waals surface area contributed by atoms with Crippen molar-refractivity contribution in [3.8, 4) is 11.5 Å². The van der Waals surface area contributed by atoms with Crippen LogP contribution in [0.3, 0.4) is 0 Å². The standard InChI is InChI=1S/C18H18N2O5S/c21-16(4-2-12-1-3-14-15(9-12)25-11-24-14)19-7-5-13(6-8-19)20-17(22)10-26-18(20)23/h1-4,9,13H,5-8,10-11H2/b4-2+. The number of ether oxygens (including phenoxy) is 2. The largest absolute Gasteiger partial charge is 0.454 e. The predicted octanol–water partition coefficient (Wildman–Crippen LogP) is 2.11. The molecule has 2 fully saturated rings. The van der Waals surface area contributed by atoms with E-state index < -0.39 is 0 Å². The number of nitrogens with zero attached hydrogens (tertiary/aromatic N) is 2. The monoisotopic (exact) mass is 374 g/mol. The quantitative estimate of drug-likeness (QED) is 0.755. The molecule has 1 aromatic carbocycles. The van der Waals surface area contributed by atoms with Gasteiger partial charge in [-0.15, -0.1) is 0 Å². The van der Waals surface area contributed by atoms with E-state index in [2.05, 4.69) is 0 Å². The first kappa shape index (κ1) is 17.0. The lowest BCUT2D eigenvalue weighted by Crippen LogP contribution is -2.48. The fraction of sp³-hybridized carbons (Fsp3) is 0.389. The summed E-state index contributed by atoms with van der Waals surface area (Å²) >= 11 is 1.05. The molecule has 136 valence electrons. The van der Waals surface area contributed by atoms with Crippen molar-refractivity contribution >= 4 is 34.9 Å². The number of amides is 3. The number of carbonyl (C=O) groups is 3. The number of hydrogen-bond acceptors (Lipinski definition) is 6. The summed E-state index contributed by atoms with van der Waals surface area (Å²) in [5.74, 6) is 1.43. The lowest BCUT2D eigenvalue weighted by atomic mass is 10.0. The van der Waals surface area contributed by atoms with Crippen LogP contribution >= 0.6 is 11.8 Å². The van der Waals surface area contributed by atoms with Gasteiger partial charge in [0, 0.05) is 25.2 Å². The molecule has 0 saturated carbocycles. The Bertz CT molecular complexity index is 770. The Kier molecular flexibility index (Phi) is 4.58. The van der Waals surface area contributed by atoms with E-state index in [0.717, 1.165) is 17.3 Å². The Morgan fingerprint density at radius 2 is 1.92 bits per heavy atom. The number of fused-ring (bicyclic) bond motifs is 1. The third-order valence-electron chi connectivity index (χ3n) is 4.74. The molecule has 3 amide bonds. The van der Waals surface area contributed by atoms with Crippen molar-refractivity contribution in [3.63, 3.8) is 0 Å². The number of imide groups is 1. The van der Waals surface area contributed by atoms with Crippen LogP contribution in [0.2, 0.25) is 0 Å². The Morgan fingerprint density at radius 1 is 1.15 bits per heavy atom. The van der Waals surface area contributed by atoms with Crippen LogP contribution in [0.1, 0.15) is 18.4 Å². The van der Waals surface area contributed by atoms with Crippen LogP contribution in [0.15, 0.2) is 24.3 Å². The molecule has 26 heavy (non-hydrogen) atoms. The molecule has 0 aromatic heterocycles. The van der Waals surface area contributed by atoms with Crippen LogP contribution in [0.5, 0.6) is 11.5 Å². The van der Waals surface area contributed by atoms with Gasteiger partial charge in [0.05, 0.1) is 5.75 Å². The van der Waals surface area contributed by atoms with E-state index in [4.69, 9.17) is 9.47 Å². The highest BCUT2D eigenvalue weighted by atomic mass is 32.2. The van der Waals surface area contributed by atoms with E-state index in [0.29, 0.717) is 37.4 Å². The summed E-state index contributed by atoms with van der Waals surface area (Å²) in [5, 5.41) is -0.164. The Labute approximate surface area is 154 Å². The molecule has 3 aliphatic rings. The van der Waals surface area contributed by atoms with E-state index >= 15 is 0 Å². The second kappa shape index (κ2) is 7.03. The first-order chi connectivity index (χ1) is 12.6. The summed E-state index contributed by atoms with van der Waals surface area (Å²) in [6.07, 6.45) is 4.55. The maximum Gasteiger partial charge on any atom is 0.289 e. The highest BCUT2D eigenvalue weighted by Crippen LogP contribution is 2.33. The summed E-state index contributed by atoms with van der Waals surface area (Å²) in [5.41, 5.74) is 0.864.